The highest BCUT2D eigenvalue weighted by molar-refractivity contribution is 9.10. The van der Waals surface area contributed by atoms with E-state index in [1.807, 2.05) is 32.0 Å². The zero-order chi connectivity index (χ0) is 15.1. The lowest BCUT2D eigenvalue weighted by atomic mass is 10.1. The highest BCUT2D eigenvalue weighted by Gasteiger charge is 2.09. The van der Waals surface area contributed by atoms with Gasteiger partial charge < -0.3 is 15.7 Å². The normalized spacial score (nSPS) is 11.8. The van der Waals surface area contributed by atoms with Crippen LogP contribution in [-0.2, 0) is 4.79 Å². The maximum Gasteiger partial charge on any atom is 0.319 e. The summed E-state index contributed by atoms with van der Waals surface area (Å²) in [5, 5.41) is 14.1. The van der Waals surface area contributed by atoms with Gasteiger partial charge in [-0.15, -0.1) is 0 Å². The van der Waals surface area contributed by atoms with E-state index in [1.165, 1.54) is 0 Å². The second-order valence-electron chi connectivity index (χ2n) is 4.77. The van der Waals surface area contributed by atoms with Crippen molar-refractivity contribution >= 4 is 33.6 Å². The molecule has 1 unspecified atom stereocenters. The number of carboxylic acid groups (broad SMARTS) is 1. The number of halogens is 1. The number of rotatable bonds is 6. The van der Waals surface area contributed by atoms with Crippen LogP contribution in [0, 0.1) is 6.92 Å². The Morgan fingerprint density at radius 3 is 2.70 bits per heavy atom. The second-order valence-corrected chi connectivity index (χ2v) is 5.62. The van der Waals surface area contributed by atoms with Crippen LogP contribution in [0.25, 0.3) is 0 Å². The third-order valence-electron chi connectivity index (χ3n) is 2.78. The molecule has 3 N–H and O–H groups in total. The molecule has 0 saturated heterocycles. The van der Waals surface area contributed by atoms with Crippen LogP contribution < -0.4 is 10.6 Å². The Morgan fingerprint density at radius 2 is 2.10 bits per heavy atom. The summed E-state index contributed by atoms with van der Waals surface area (Å²) < 4.78 is 0.825. The van der Waals surface area contributed by atoms with Crippen molar-refractivity contribution in [1.29, 1.82) is 0 Å². The van der Waals surface area contributed by atoms with Gasteiger partial charge in [-0.3, -0.25) is 4.79 Å². The zero-order valence-electron chi connectivity index (χ0n) is 11.6. The van der Waals surface area contributed by atoms with Gasteiger partial charge in [0.05, 0.1) is 5.69 Å². The number of hydrogen-bond donors (Lipinski definition) is 3. The number of urea groups is 1. The first-order valence-corrected chi connectivity index (χ1v) is 7.23. The number of nitrogens with one attached hydrogen (secondary N) is 2. The number of aliphatic carboxylic acids is 1. The smallest absolute Gasteiger partial charge is 0.319 e. The number of anilines is 1. The molecule has 1 rings (SSSR count). The van der Waals surface area contributed by atoms with E-state index < -0.39 is 5.97 Å². The maximum atomic E-state index is 11.8. The van der Waals surface area contributed by atoms with E-state index in [0.717, 1.165) is 10.0 Å². The first-order chi connectivity index (χ1) is 9.38. The first kappa shape index (κ1) is 16.5. The molecule has 20 heavy (non-hydrogen) atoms. The Hall–Kier alpha value is -1.56. The Bertz CT molecular complexity index is 491. The van der Waals surface area contributed by atoms with Gasteiger partial charge in [0.2, 0.25) is 0 Å². The van der Waals surface area contributed by atoms with Crippen LogP contribution in [0.15, 0.2) is 22.7 Å². The average Bonchev–Trinajstić information content (AvgIpc) is 2.32. The fourth-order valence-corrected chi connectivity index (χ4v) is 2.33. The molecule has 0 aliphatic rings. The summed E-state index contributed by atoms with van der Waals surface area (Å²) >= 11 is 3.39. The van der Waals surface area contributed by atoms with Crippen molar-refractivity contribution in [2.24, 2.45) is 0 Å². The molecule has 1 aromatic rings. The van der Waals surface area contributed by atoms with E-state index in [-0.39, 0.29) is 18.5 Å². The van der Waals surface area contributed by atoms with Gasteiger partial charge in [-0.05, 0) is 60.3 Å². The SMILES string of the molecule is Cc1ccc(NC(=O)NC(C)CCCC(=O)O)c(Br)c1. The minimum atomic E-state index is -0.815. The van der Waals surface area contributed by atoms with Crippen LogP contribution in [-0.4, -0.2) is 23.1 Å². The van der Waals surface area contributed by atoms with Crippen molar-refractivity contribution in [2.45, 2.75) is 39.2 Å². The summed E-state index contributed by atoms with van der Waals surface area (Å²) in [7, 11) is 0. The van der Waals surface area contributed by atoms with Crippen molar-refractivity contribution < 1.29 is 14.7 Å². The number of amides is 2. The van der Waals surface area contributed by atoms with E-state index in [4.69, 9.17) is 5.11 Å². The summed E-state index contributed by atoms with van der Waals surface area (Å²) in [5.41, 5.74) is 1.80. The van der Waals surface area contributed by atoms with Gasteiger partial charge in [-0.25, -0.2) is 4.79 Å². The summed E-state index contributed by atoms with van der Waals surface area (Å²) in [6.07, 6.45) is 1.30. The number of carbonyl (C=O) groups is 2. The highest BCUT2D eigenvalue weighted by Crippen LogP contribution is 2.23. The largest absolute Gasteiger partial charge is 0.481 e. The van der Waals surface area contributed by atoms with Crippen molar-refractivity contribution in [2.75, 3.05) is 5.32 Å². The molecule has 2 amide bonds. The number of hydrogen-bond acceptors (Lipinski definition) is 2. The van der Waals surface area contributed by atoms with Crippen LogP contribution >= 0.6 is 15.9 Å². The Kier molecular flexibility index (Phi) is 6.51. The fraction of sp³-hybridized carbons (Fsp3) is 0.429. The van der Waals surface area contributed by atoms with Crippen LogP contribution in [0.4, 0.5) is 10.5 Å². The van der Waals surface area contributed by atoms with Gasteiger partial charge >= 0.3 is 12.0 Å². The van der Waals surface area contributed by atoms with Gasteiger partial charge in [-0.1, -0.05) is 6.07 Å². The third-order valence-corrected chi connectivity index (χ3v) is 3.43. The van der Waals surface area contributed by atoms with Gasteiger partial charge in [0, 0.05) is 16.9 Å². The molecule has 0 fully saturated rings. The molecule has 6 heteroatoms. The van der Waals surface area contributed by atoms with Crippen LogP contribution in [0.5, 0.6) is 0 Å². The van der Waals surface area contributed by atoms with Crippen molar-refractivity contribution in [1.82, 2.24) is 5.32 Å². The van der Waals surface area contributed by atoms with Crippen molar-refractivity contribution in [3.05, 3.63) is 28.2 Å². The molecule has 110 valence electrons. The Balaban J connectivity index is 2.41. The maximum absolute atomic E-state index is 11.8. The molecular formula is C14H19BrN2O3. The van der Waals surface area contributed by atoms with Gasteiger partial charge in [0.15, 0.2) is 0 Å². The molecule has 0 heterocycles. The monoisotopic (exact) mass is 342 g/mol. The van der Waals surface area contributed by atoms with E-state index in [1.54, 1.807) is 0 Å². The minimum Gasteiger partial charge on any atom is -0.481 e. The molecule has 0 radical (unpaired) electrons. The van der Waals surface area contributed by atoms with E-state index in [0.29, 0.717) is 18.5 Å². The van der Waals surface area contributed by atoms with Crippen LogP contribution in [0.1, 0.15) is 31.7 Å². The molecule has 5 nitrogen and oxygen atoms in total. The van der Waals surface area contributed by atoms with Crippen LogP contribution in [0.3, 0.4) is 0 Å². The van der Waals surface area contributed by atoms with E-state index in [2.05, 4.69) is 26.6 Å². The quantitative estimate of drug-likeness (QED) is 0.739. The zero-order valence-corrected chi connectivity index (χ0v) is 13.2. The first-order valence-electron chi connectivity index (χ1n) is 6.44. The number of aryl methyl sites for hydroxylation is 1. The molecular weight excluding hydrogens is 324 g/mol. The lowest BCUT2D eigenvalue weighted by Gasteiger charge is -2.15. The summed E-state index contributed by atoms with van der Waals surface area (Å²) in [6.45, 7) is 3.82. The fourth-order valence-electron chi connectivity index (χ4n) is 1.74. The molecule has 0 spiro atoms. The predicted molar refractivity (Wildman–Crippen MR) is 82.0 cm³/mol. The molecule has 0 aliphatic heterocycles. The molecule has 1 atom stereocenters. The van der Waals surface area contributed by atoms with Crippen molar-refractivity contribution in [3.63, 3.8) is 0 Å². The van der Waals surface area contributed by atoms with Crippen molar-refractivity contribution in [3.8, 4) is 0 Å². The summed E-state index contributed by atoms with van der Waals surface area (Å²) in [4.78, 5) is 22.2. The molecule has 1 aromatic carbocycles. The minimum absolute atomic E-state index is 0.0708. The van der Waals surface area contributed by atoms with Gasteiger partial charge in [-0.2, -0.15) is 0 Å². The predicted octanol–water partition coefficient (Wildman–Crippen LogP) is 3.52. The number of carbonyl (C=O) groups excluding carboxylic acids is 1. The van der Waals surface area contributed by atoms with E-state index in [9.17, 15) is 9.59 Å². The number of benzene rings is 1. The lowest BCUT2D eigenvalue weighted by Crippen LogP contribution is -2.36. The molecule has 0 aliphatic carbocycles. The molecule has 0 bridgehead atoms. The molecule has 0 aromatic heterocycles. The Labute approximate surface area is 126 Å². The highest BCUT2D eigenvalue weighted by atomic mass is 79.9. The molecule has 0 saturated carbocycles. The standard InChI is InChI=1S/C14H19BrN2O3/c1-9-6-7-12(11(15)8-9)17-14(20)16-10(2)4-3-5-13(18)19/h6-8,10H,3-5H2,1-2H3,(H,18,19)(H2,16,17,20). The lowest BCUT2D eigenvalue weighted by molar-refractivity contribution is -0.137. The average molecular weight is 343 g/mol. The van der Waals surface area contributed by atoms with Gasteiger partial charge in [0.1, 0.15) is 0 Å². The topological polar surface area (TPSA) is 78.4 Å². The van der Waals surface area contributed by atoms with E-state index >= 15 is 0 Å². The van der Waals surface area contributed by atoms with Gasteiger partial charge in [0.25, 0.3) is 0 Å². The Morgan fingerprint density at radius 1 is 1.40 bits per heavy atom. The number of carboxylic acids is 1. The summed E-state index contributed by atoms with van der Waals surface area (Å²) in [5.74, 6) is -0.815. The van der Waals surface area contributed by atoms with Crippen LogP contribution in [0.2, 0.25) is 0 Å². The second kappa shape index (κ2) is 7.89. The summed E-state index contributed by atoms with van der Waals surface area (Å²) in [6, 6.07) is 5.30. The third kappa shape index (κ3) is 6.06.